The number of nitriles is 1. The molecule has 0 fully saturated rings. The summed E-state index contributed by atoms with van der Waals surface area (Å²) in [6.45, 7) is 1.96. The topological polar surface area (TPSA) is 78.7 Å². The van der Waals surface area contributed by atoms with E-state index in [1.807, 2.05) is 19.1 Å². The molecule has 0 aliphatic heterocycles. The van der Waals surface area contributed by atoms with E-state index in [1.165, 1.54) is 36.6 Å². The van der Waals surface area contributed by atoms with Crippen LogP contribution in [0.25, 0.3) is 0 Å². The molecule has 2 aromatic rings. The molecule has 1 aliphatic rings. The molecule has 0 aromatic carbocycles. The number of anilines is 1. The molecule has 27 heavy (non-hydrogen) atoms. The predicted octanol–water partition coefficient (Wildman–Crippen LogP) is 4.44. The van der Waals surface area contributed by atoms with E-state index >= 15 is 0 Å². The lowest BCUT2D eigenvalue weighted by molar-refractivity contribution is -0.115. The summed E-state index contributed by atoms with van der Waals surface area (Å²) < 4.78 is 0. The largest absolute Gasteiger partial charge is 0.311 e. The summed E-state index contributed by atoms with van der Waals surface area (Å²) in [5.41, 5.74) is 4.03. The van der Waals surface area contributed by atoms with Gasteiger partial charge in [-0.2, -0.15) is 5.26 Å². The van der Waals surface area contributed by atoms with E-state index < -0.39 is 0 Å². The molecule has 1 aliphatic carbocycles. The normalized spacial score (nSPS) is 13.8. The Morgan fingerprint density at radius 3 is 2.81 bits per heavy atom. The Kier molecular flexibility index (Phi) is 6.83. The number of hydrogen-bond acceptors (Lipinski definition) is 5. The standard InChI is InChI=1S/C21H24N4OS/c1-15-8-9-19(23-14-15)25-20(26)10-11-27-21-17(13-22)12-16-6-4-2-3-5-7-18(16)24-21/h8-9,12,14H,2-7,10-11H2,1H3,(H,23,25,26). The van der Waals surface area contributed by atoms with Gasteiger partial charge in [0.25, 0.3) is 0 Å². The maximum Gasteiger partial charge on any atom is 0.226 e. The van der Waals surface area contributed by atoms with E-state index in [2.05, 4.69) is 16.4 Å². The molecule has 1 N–H and O–H groups in total. The number of nitrogens with zero attached hydrogens (tertiary/aromatic N) is 3. The molecule has 6 heteroatoms. The van der Waals surface area contributed by atoms with E-state index in [0.717, 1.165) is 35.5 Å². The van der Waals surface area contributed by atoms with Crippen molar-refractivity contribution in [3.63, 3.8) is 0 Å². The van der Waals surface area contributed by atoms with Gasteiger partial charge >= 0.3 is 0 Å². The molecule has 1 amide bonds. The first kappa shape index (κ1) is 19.4. The maximum absolute atomic E-state index is 12.1. The van der Waals surface area contributed by atoms with Gasteiger partial charge in [0.05, 0.1) is 5.56 Å². The molecule has 2 heterocycles. The summed E-state index contributed by atoms with van der Waals surface area (Å²) in [6.07, 6.45) is 8.89. The number of amides is 1. The molecule has 0 unspecified atom stereocenters. The van der Waals surface area contributed by atoms with Gasteiger partial charge in [0.1, 0.15) is 16.9 Å². The van der Waals surface area contributed by atoms with Gasteiger partial charge < -0.3 is 5.32 Å². The second kappa shape index (κ2) is 9.52. The SMILES string of the molecule is Cc1ccc(NC(=O)CCSc2nc3c(cc2C#N)CCCCCC3)nc1. The van der Waals surface area contributed by atoms with Crippen LogP contribution in [0.1, 0.15) is 54.5 Å². The summed E-state index contributed by atoms with van der Waals surface area (Å²) in [7, 11) is 0. The quantitative estimate of drug-likeness (QED) is 0.776. The summed E-state index contributed by atoms with van der Waals surface area (Å²) in [6, 6.07) is 7.99. The molecule has 0 saturated carbocycles. The Labute approximate surface area is 164 Å². The number of rotatable bonds is 5. The first-order chi connectivity index (χ1) is 13.2. The second-order valence-corrected chi connectivity index (χ2v) is 7.92. The van der Waals surface area contributed by atoms with Crippen molar-refractivity contribution in [3.8, 4) is 6.07 Å². The zero-order valence-electron chi connectivity index (χ0n) is 15.6. The van der Waals surface area contributed by atoms with Crippen molar-refractivity contribution in [1.82, 2.24) is 9.97 Å². The van der Waals surface area contributed by atoms with Crippen molar-refractivity contribution in [2.45, 2.75) is 56.9 Å². The Balaban J connectivity index is 1.59. The molecular weight excluding hydrogens is 356 g/mol. The van der Waals surface area contributed by atoms with Crippen LogP contribution in [0.4, 0.5) is 5.82 Å². The first-order valence-corrected chi connectivity index (χ1v) is 10.4. The minimum atomic E-state index is -0.0800. The monoisotopic (exact) mass is 380 g/mol. The molecule has 5 nitrogen and oxygen atoms in total. The first-order valence-electron chi connectivity index (χ1n) is 9.44. The number of aryl methyl sites for hydroxylation is 3. The van der Waals surface area contributed by atoms with Crippen LogP contribution in [0.2, 0.25) is 0 Å². The zero-order valence-corrected chi connectivity index (χ0v) is 16.4. The fourth-order valence-electron chi connectivity index (χ4n) is 3.15. The zero-order chi connectivity index (χ0) is 19.1. The minimum Gasteiger partial charge on any atom is -0.311 e. The van der Waals surface area contributed by atoms with Gasteiger partial charge in [0, 0.05) is 24.1 Å². The van der Waals surface area contributed by atoms with Crippen molar-refractivity contribution in [1.29, 1.82) is 5.26 Å². The van der Waals surface area contributed by atoms with Crippen LogP contribution in [-0.2, 0) is 17.6 Å². The highest BCUT2D eigenvalue weighted by Crippen LogP contribution is 2.27. The highest BCUT2D eigenvalue weighted by Gasteiger charge is 2.14. The average Bonchev–Trinajstić information content (AvgIpc) is 2.64. The van der Waals surface area contributed by atoms with Crippen molar-refractivity contribution >= 4 is 23.5 Å². The predicted molar refractivity (Wildman–Crippen MR) is 108 cm³/mol. The van der Waals surface area contributed by atoms with E-state index in [1.54, 1.807) is 12.3 Å². The molecule has 2 aromatic heterocycles. The van der Waals surface area contributed by atoms with Crippen LogP contribution < -0.4 is 5.32 Å². The van der Waals surface area contributed by atoms with E-state index in [-0.39, 0.29) is 5.91 Å². The number of carbonyl (C=O) groups excluding carboxylic acids is 1. The Bertz CT molecular complexity index is 842. The molecule has 0 saturated heterocycles. The molecule has 0 spiro atoms. The lowest BCUT2D eigenvalue weighted by atomic mass is 9.96. The lowest BCUT2D eigenvalue weighted by Gasteiger charge is -2.15. The third-order valence-electron chi connectivity index (χ3n) is 4.63. The van der Waals surface area contributed by atoms with Crippen LogP contribution in [-0.4, -0.2) is 21.6 Å². The summed E-state index contributed by atoms with van der Waals surface area (Å²) >= 11 is 1.48. The van der Waals surface area contributed by atoms with Crippen LogP contribution >= 0.6 is 11.8 Å². The average molecular weight is 381 g/mol. The van der Waals surface area contributed by atoms with Crippen LogP contribution in [0.15, 0.2) is 29.4 Å². The molecule has 0 radical (unpaired) electrons. The van der Waals surface area contributed by atoms with E-state index in [0.29, 0.717) is 23.6 Å². The molecular formula is C21H24N4OS. The van der Waals surface area contributed by atoms with Gasteiger partial charge in [-0.25, -0.2) is 9.97 Å². The van der Waals surface area contributed by atoms with Gasteiger partial charge in [-0.3, -0.25) is 4.79 Å². The van der Waals surface area contributed by atoms with Gasteiger partial charge in [-0.05, 0) is 55.9 Å². The smallest absolute Gasteiger partial charge is 0.226 e. The number of fused-ring (bicyclic) bond motifs is 1. The Hall–Kier alpha value is -2.39. The summed E-state index contributed by atoms with van der Waals surface area (Å²) in [5.74, 6) is 1.06. The second-order valence-electron chi connectivity index (χ2n) is 6.84. The third kappa shape index (κ3) is 5.54. The summed E-state index contributed by atoms with van der Waals surface area (Å²) in [5, 5.41) is 13.0. The van der Waals surface area contributed by atoms with Crippen LogP contribution in [0, 0.1) is 18.3 Å². The molecule has 0 bridgehead atoms. The maximum atomic E-state index is 12.1. The van der Waals surface area contributed by atoms with Crippen LogP contribution in [0.5, 0.6) is 0 Å². The number of thioether (sulfide) groups is 1. The highest BCUT2D eigenvalue weighted by atomic mass is 32.2. The van der Waals surface area contributed by atoms with Gasteiger partial charge in [-0.1, -0.05) is 18.9 Å². The van der Waals surface area contributed by atoms with Crippen LogP contribution in [0.3, 0.4) is 0 Å². The van der Waals surface area contributed by atoms with Crippen molar-refractivity contribution in [2.75, 3.05) is 11.1 Å². The Morgan fingerprint density at radius 2 is 2.07 bits per heavy atom. The van der Waals surface area contributed by atoms with E-state index in [4.69, 9.17) is 4.98 Å². The third-order valence-corrected chi connectivity index (χ3v) is 5.63. The molecule has 3 rings (SSSR count). The van der Waals surface area contributed by atoms with Crippen molar-refractivity contribution in [3.05, 3.63) is 46.8 Å². The summed E-state index contributed by atoms with van der Waals surface area (Å²) in [4.78, 5) is 21.1. The Morgan fingerprint density at radius 1 is 1.26 bits per heavy atom. The fraction of sp³-hybridized carbons (Fsp3) is 0.429. The minimum absolute atomic E-state index is 0.0800. The molecule has 140 valence electrons. The van der Waals surface area contributed by atoms with Crippen molar-refractivity contribution in [2.24, 2.45) is 0 Å². The number of pyridine rings is 2. The van der Waals surface area contributed by atoms with Gasteiger partial charge in [-0.15, -0.1) is 11.8 Å². The van der Waals surface area contributed by atoms with Gasteiger partial charge in [0.2, 0.25) is 5.91 Å². The number of nitrogens with one attached hydrogen (secondary N) is 1. The van der Waals surface area contributed by atoms with Crippen molar-refractivity contribution < 1.29 is 4.79 Å². The number of aromatic nitrogens is 2. The fourth-order valence-corrected chi connectivity index (χ4v) is 4.06. The highest BCUT2D eigenvalue weighted by molar-refractivity contribution is 7.99. The number of carbonyl (C=O) groups is 1. The molecule has 0 atom stereocenters. The van der Waals surface area contributed by atoms with Gasteiger partial charge in [0.15, 0.2) is 0 Å². The van der Waals surface area contributed by atoms with E-state index in [9.17, 15) is 10.1 Å². The number of hydrogen-bond donors (Lipinski definition) is 1. The lowest BCUT2D eigenvalue weighted by Crippen LogP contribution is -2.13.